The minimum absolute atomic E-state index is 0.0678. The number of amides is 2. The van der Waals surface area contributed by atoms with Crippen LogP contribution in [0.5, 0.6) is 0 Å². The molecule has 4 aromatic rings. The zero-order chi connectivity index (χ0) is 42.5. The highest BCUT2D eigenvalue weighted by atomic mass is 32.2. The zero-order valence-corrected chi connectivity index (χ0v) is 36.1. The Hall–Kier alpha value is -5.78. The van der Waals surface area contributed by atoms with Crippen molar-refractivity contribution in [2.24, 2.45) is 16.8 Å². The molecule has 0 atom stereocenters. The minimum atomic E-state index is -4.61. The summed E-state index contributed by atoms with van der Waals surface area (Å²) in [5, 5.41) is 11.0. The number of hydrogen-bond donors (Lipinski definition) is 4. The SMILES string of the molecule is Cc1c(C)c(N=c2ccc3c(-c4ccccc4S(=O)(=O)O)c4ccc(Nc5c(C)c(C)c(C)c(NC(=O)C(C)C)c5C)cc4oc-3c2)c(C)c(NC(=O)C(C)C)c1C. The van der Waals surface area contributed by atoms with Crippen molar-refractivity contribution >= 4 is 61.3 Å². The van der Waals surface area contributed by atoms with Crippen LogP contribution in [-0.4, -0.2) is 24.8 Å². The number of benzene rings is 5. The topological polar surface area (TPSA) is 150 Å². The summed E-state index contributed by atoms with van der Waals surface area (Å²) in [5.41, 5.74) is 13.6. The van der Waals surface area contributed by atoms with E-state index in [4.69, 9.17) is 9.41 Å². The average molecular weight is 801 g/mol. The van der Waals surface area contributed by atoms with Crippen molar-refractivity contribution in [2.75, 3.05) is 16.0 Å². The summed E-state index contributed by atoms with van der Waals surface area (Å²) in [6.45, 7) is 23.5. The lowest BCUT2D eigenvalue weighted by molar-refractivity contribution is -0.119. The Bertz CT molecular complexity index is 2820. The van der Waals surface area contributed by atoms with Crippen LogP contribution in [0.15, 0.2) is 75.0 Å². The Kier molecular flexibility index (Phi) is 11.4. The van der Waals surface area contributed by atoms with E-state index in [-0.39, 0.29) is 28.5 Å². The maximum absolute atomic E-state index is 12.8. The van der Waals surface area contributed by atoms with Gasteiger partial charge >= 0.3 is 0 Å². The Balaban J connectivity index is 1.59. The summed E-state index contributed by atoms with van der Waals surface area (Å²) in [4.78, 5) is 30.5. The van der Waals surface area contributed by atoms with Crippen LogP contribution in [0.25, 0.3) is 33.4 Å². The highest BCUT2D eigenvalue weighted by molar-refractivity contribution is 7.86. The molecule has 4 N–H and O–H groups in total. The molecule has 0 aromatic heterocycles. The third kappa shape index (κ3) is 7.76. The average Bonchev–Trinajstić information content (AvgIpc) is 3.18. The number of rotatable bonds is 9. The van der Waals surface area contributed by atoms with Gasteiger partial charge < -0.3 is 20.4 Å². The Morgan fingerprint density at radius 2 is 1.21 bits per heavy atom. The molecule has 11 heteroatoms. The molecule has 0 saturated heterocycles. The molecule has 4 aromatic carbocycles. The van der Waals surface area contributed by atoms with Gasteiger partial charge in [0.2, 0.25) is 11.8 Å². The number of hydrogen-bond acceptors (Lipinski definition) is 7. The van der Waals surface area contributed by atoms with Crippen LogP contribution in [-0.2, 0) is 19.7 Å². The van der Waals surface area contributed by atoms with Crippen LogP contribution in [0.3, 0.4) is 0 Å². The first-order valence-corrected chi connectivity index (χ1v) is 20.9. The van der Waals surface area contributed by atoms with Gasteiger partial charge in [0.1, 0.15) is 16.2 Å². The van der Waals surface area contributed by atoms with Gasteiger partial charge in [0.25, 0.3) is 10.1 Å². The quantitative estimate of drug-likeness (QED) is 0.0839. The molecule has 10 nitrogen and oxygen atoms in total. The maximum atomic E-state index is 12.8. The largest absolute Gasteiger partial charge is 0.456 e. The fourth-order valence-electron chi connectivity index (χ4n) is 7.42. The smallest absolute Gasteiger partial charge is 0.295 e. The van der Waals surface area contributed by atoms with Gasteiger partial charge in [-0.2, -0.15) is 8.42 Å². The molecule has 0 bridgehead atoms. The first-order chi connectivity index (χ1) is 27.2. The monoisotopic (exact) mass is 800 g/mol. The van der Waals surface area contributed by atoms with Gasteiger partial charge in [0.15, 0.2) is 0 Å². The van der Waals surface area contributed by atoms with Gasteiger partial charge in [0.05, 0.1) is 11.0 Å². The molecule has 1 aliphatic heterocycles. The van der Waals surface area contributed by atoms with E-state index in [1.165, 1.54) is 6.07 Å². The van der Waals surface area contributed by atoms with Crippen molar-refractivity contribution < 1.29 is 27.0 Å². The molecule has 6 rings (SSSR count). The number of carbonyl (C=O) groups excluding carboxylic acids is 2. The lowest BCUT2D eigenvalue weighted by atomic mass is 9.93. The van der Waals surface area contributed by atoms with Crippen molar-refractivity contribution in [3.8, 4) is 22.5 Å². The third-order valence-corrected chi connectivity index (χ3v) is 12.3. The number of fused-ring (bicyclic) bond motifs is 2. The van der Waals surface area contributed by atoms with Crippen LogP contribution in [0, 0.1) is 67.2 Å². The van der Waals surface area contributed by atoms with Crippen LogP contribution >= 0.6 is 0 Å². The summed E-state index contributed by atoms with van der Waals surface area (Å²) in [5.74, 6) is -0.0920. The Labute approximate surface area is 340 Å². The molecule has 0 radical (unpaired) electrons. The Morgan fingerprint density at radius 1 is 0.638 bits per heavy atom. The van der Waals surface area contributed by atoms with E-state index < -0.39 is 10.1 Å². The number of anilines is 4. The fraction of sp³-hybridized carbons (Fsp3) is 0.298. The molecular formula is C47H52N4O6S. The first-order valence-electron chi connectivity index (χ1n) is 19.4. The molecule has 2 amide bonds. The minimum Gasteiger partial charge on any atom is -0.456 e. The highest BCUT2D eigenvalue weighted by Crippen LogP contribution is 2.44. The molecule has 2 aliphatic rings. The van der Waals surface area contributed by atoms with E-state index in [0.717, 1.165) is 67.3 Å². The molecule has 1 heterocycles. The van der Waals surface area contributed by atoms with E-state index in [1.54, 1.807) is 18.2 Å². The molecule has 0 saturated carbocycles. The van der Waals surface area contributed by atoms with E-state index in [0.29, 0.717) is 44.5 Å². The Morgan fingerprint density at radius 3 is 1.81 bits per heavy atom. The van der Waals surface area contributed by atoms with E-state index in [2.05, 4.69) is 16.0 Å². The molecule has 0 unspecified atom stereocenters. The van der Waals surface area contributed by atoms with Crippen molar-refractivity contribution in [1.82, 2.24) is 0 Å². The second-order valence-corrected chi connectivity index (χ2v) is 17.2. The predicted octanol–water partition coefficient (Wildman–Crippen LogP) is 11.1. The lowest BCUT2D eigenvalue weighted by Gasteiger charge is -2.23. The molecule has 0 spiro atoms. The standard InChI is InChI=1S/C47H52N4O6S/c1-23(2)46(52)50-44-29(9)25(5)27(7)42(31(44)11)48-33-17-19-35-38(21-33)57-39-22-34(18-20-36(39)41(35)37-15-13-14-16-40(37)58(54,55)56)49-43-28(8)26(6)30(10)45(32(43)12)51-47(53)24(3)4/h13-24,48H,1-12H3,(H,50,52)(H,51,53)(H,54,55,56). The van der Waals surface area contributed by atoms with Gasteiger partial charge in [0, 0.05) is 68.8 Å². The highest BCUT2D eigenvalue weighted by Gasteiger charge is 2.25. The third-order valence-electron chi connectivity index (χ3n) is 11.4. The van der Waals surface area contributed by atoms with Gasteiger partial charge in [-0.25, -0.2) is 4.99 Å². The summed E-state index contributed by atoms with van der Waals surface area (Å²) in [6, 6.07) is 17.5. The summed E-state index contributed by atoms with van der Waals surface area (Å²) in [7, 11) is -4.61. The summed E-state index contributed by atoms with van der Waals surface area (Å²) in [6.07, 6.45) is 0. The second-order valence-electron chi connectivity index (χ2n) is 15.8. The molecule has 0 fully saturated rings. The van der Waals surface area contributed by atoms with Crippen molar-refractivity contribution in [3.63, 3.8) is 0 Å². The van der Waals surface area contributed by atoms with Crippen molar-refractivity contribution in [3.05, 3.63) is 111 Å². The summed E-state index contributed by atoms with van der Waals surface area (Å²) < 4.78 is 42.6. The number of carbonyl (C=O) groups is 2. The normalized spacial score (nSPS) is 12.2. The predicted molar refractivity (Wildman–Crippen MR) is 234 cm³/mol. The van der Waals surface area contributed by atoms with Crippen LogP contribution in [0.1, 0.15) is 72.2 Å². The van der Waals surface area contributed by atoms with E-state index in [1.807, 2.05) is 119 Å². The number of nitrogens with zero attached hydrogens (tertiary/aromatic N) is 1. The van der Waals surface area contributed by atoms with E-state index >= 15 is 0 Å². The molecule has 58 heavy (non-hydrogen) atoms. The number of nitrogens with one attached hydrogen (secondary N) is 3. The van der Waals surface area contributed by atoms with Crippen LogP contribution in [0.2, 0.25) is 0 Å². The maximum Gasteiger partial charge on any atom is 0.295 e. The molecule has 1 aliphatic carbocycles. The van der Waals surface area contributed by atoms with Gasteiger partial charge in [-0.1, -0.05) is 45.9 Å². The van der Waals surface area contributed by atoms with Gasteiger partial charge in [-0.05, 0) is 130 Å². The van der Waals surface area contributed by atoms with Gasteiger partial charge in [-0.3, -0.25) is 14.1 Å². The second kappa shape index (κ2) is 15.9. The molecule has 302 valence electrons. The first kappa shape index (κ1) is 41.8. The van der Waals surface area contributed by atoms with Crippen LogP contribution < -0.4 is 21.3 Å². The van der Waals surface area contributed by atoms with Crippen molar-refractivity contribution in [2.45, 2.75) is 88.0 Å². The van der Waals surface area contributed by atoms with Gasteiger partial charge in [-0.15, -0.1) is 0 Å². The lowest BCUT2D eigenvalue weighted by Crippen LogP contribution is -2.20. The molecular weight excluding hydrogens is 749 g/mol. The van der Waals surface area contributed by atoms with E-state index in [9.17, 15) is 22.6 Å². The summed E-state index contributed by atoms with van der Waals surface area (Å²) >= 11 is 0. The fourth-order valence-corrected chi connectivity index (χ4v) is 8.12. The van der Waals surface area contributed by atoms with Crippen molar-refractivity contribution in [1.29, 1.82) is 0 Å². The van der Waals surface area contributed by atoms with Crippen LogP contribution in [0.4, 0.5) is 28.4 Å². The zero-order valence-electron chi connectivity index (χ0n) is 35.3.